The molecule has 0 unspecified atom stereocenters. The third kappa shape index (κ3) is 5.72. The van der Waals surface area contributed by atoms with Crippen molar-refractivity contribution >= 4 is 11.6 Å². The summed E-state index contributed by atoms with van der Waals surface area (Å²) in [6.45, 7) is 5.68. The minimum Gasteiger partial charge on any atom is -0.369 e. The molecule has 0 spiro atoms. The lowest BCUT2D eigenvalue weighted by atomic mass is 10.1. The van der Waals surface area contributed by atoms with E-state index in [2.05, 4.69) is 10.2 Å². The second-order valence-corrected chi connectivity index (χ2v) is 7.45. The molecule has 4 nitrogen and oxygen atoms in total. The van der Waals surface area contributed by atoms with Gasteiger partial charge in [0.15, 0.2) is 0 Å². The number of piperazine rings is 1. The molecule has 30 heavy (non-hydrogen) atoms. The van der Waals surface area contributed by atoms with Crippen LogP contribution in [0.15, 0.2) is 42.5 Å². The van der Waals surface area contributed by atoms with E-state index >= 15 is 0 Å². The number of rotatable bonds is 6. The van der Waals surface area contributed by atoms with Gasteiger partial charge in [-0.1, -0.05) is 12.1 Å². The summed E-state index contributed by atoms with van der Waals surface area (Å²) in [6, 6.07) is 9.83. The molecular weight excluding hydrogens is 398 g/mol. The number of carbonyl (C=O) groups is 1. The molecule has 2 aromatic carbocycles. The van der Waals surface area contributed by atoms with Crippen LogP contribution in [0, 0.1) is 12.7 Å². The standard InChI is InChI=1S/C22H25F4N3O/c1-16-6-7-17(14-20(16)23)21(30)27-8-3-9-28-10-12-29(13-11-28)19-5-2-4-18(15-19)22(24,25)26/h2,4-7,14-15H,3,8-13H2,1H3,(H,27,30). The van der Waals surface area contributed by atoms with E-state index in [1.54, 1.807) is 25.1 Å². The number of halogens is 4. The Bertz CT molecular complexity index is 877. The zero-order valence-corrected chi connectivity index (χ0v) is 16.8. The third-order valence-electron chi connectivity index (χ3n) is 5.28. The van der Waals surface area contributed by atoms with Crippen molar-refractivity contribution in [1.29, 1.82) is 0 Å². The van der Waals surface area contributed by atoms with Crippen LogP contribution in [0.25, 0.3) is 0 Å². The first-order chi connectivity index (χ1) is 14.2. The van der Waals surface area contributed by atoms with Crippen molar-refractivity contribution in [3.05, 3.63) is 65.0 Å². The van der Waals surface area contributed by atoms with Crippen molar-refractivity contribution in [3.63, 3.8) is 0 Å². The molecular formula is C22H25F4N3O. The topological polar surface area (TPSA) is 35.6 Å². The lowest BCUT2D eigenvalue weighted by molar-refractivity contribution is -0.137. The Morgan fingerprint density at radius 1 is 1.07 bits per heavy atom. The van der Waals surface area contributed by atoms with Gasteiger partial charge in [0.1, 0.15) is 5.82 Å². The number of nitrogens with zero attached hydrogens (tertiary/aromatic N) is 2. The molecule has 2 aromatic rings. The molecule has 0 atom stereocenters. The summed E-state index contributed by atoms with van der Waals surface area (Å²) in [4.78, 5) is 16.3. The van der Waals surface area contributed by atoms with Gasteiger partial charge in [0.25, 0.3) is 5.91 Å². The molecule has 8 heteroatoms. The van der Waals surface area contributed by atoms with E-state index in [1.807, 2.05) is 4.90 Å². The minimum absolute atomic E-state index is 0.299. The van der Waals surface area contributed by atoms with Crippen molar-refractivity contribution in [3.8, 4) is 0 Å². The first-order valence-electron chi connectivity index (χ1n) is 9.93. The quantitative estimate of drug-likeness (QED) is 0.562. The van der Waals surface area contributed by atoms with Crippen molar-refractivity contribution in [2.75, 3.05) is 44.2 Å². The Hall–Kier alpha value is -2.61. The van der Waals surface area contributed by atoms with Gasteiger partial charge in [-0.25, -0.2) is 4.39 Å². The van der Waals surface area contributed by atoms with Crippen LogP contribution in [0.2, 0.25) is 0 Å². The fourth-order valence-corrected chi connectivity index (χ4v) is 3.45. The van der Waals surface area contributed by atoms with Gasteiger partial charge in [-0.05, 0) is 55.8 Å². The number of hydrogen-bond acceptors (Lipinski definition) is 3. The highest BCUT2D eigenvalue weighted by Crippen LogP contribution is 2.31. The number of benzene rings is 2. The molecule has 1 aliphatic rings. The molecule has 1 saturated heterocycles. The number of aryl methyl sites for hydroxylation is 1. The van der Waals surface area contributed by atoms with Gasteiger partial charge >= 0.3 is 6.18 Å². The van der Waals surface area contributed by atoms with Gasteiger partial charge in [-0.2, -0.15) is 13.2 Å². The highest BCUT2D eigenvalue weighted by Gasteiger charge is 2.31. The van der Waals surface area contributed by atoms with Gasteiger partial charge in [0.05, 0.1) is 5.56 Å². The Morgan fingerprint density at radius 3 is 2.47 bits per heavy atom. The lowest BCUT2D eigenvalue weighted by Gasteiger charge is -2.36. The smallest absolute Gasteiger partial charge is 0.369 e. The molecule has 3 rings (SSSR count). The zero-order valence-electron chi connectivity index (χ0n) is 16.8. The summed E-state index contributed by atoms with van der Waals surface area (Å²) < 4.78 is 52.3. The molecule has 0 saturated carbocycles. The van der Waals surface area contributed by atoms with Gasteiger partial charge in [0.2, 0.25) is 0 Å². The highest BCUT2D eigenvalue weighted by molar-refractivity contribution is 5.94. The first kappa shape index (κ1) is 22.1. The number of nitrogens with one attached hydrogen (secondary N) is 1. The molecule has 1 heterocycles. The minimum atomic E-state index is -4.34. The lowest BCUT2D eigenvalue weighted by Crippen LogP contribution is -2.47. The summed E-state index contributed by atoms with van der Waals surface area (Å²) in [5.41, 5.74) is 0.748. The molecule has 1 aliphatic heterocycles. The summed E-state index contributed by atoms with van der Waals surface area (Å²) >= 11 is 0. The monoisotopic (exact) mass is 423 g/mol. The van der Waals surface area contributed by atoms with Crippen LogP contribution in [0.1, 0.15) is 27.9 Å². The van der Waals surface area contributed by atoms with Crippen molar-refractivity contribution in [2.45, 2.75) is 19.5 Å². The Kier molecular flexibility index (Phi) is 6.97. The van der Waals surface area contributed by atoms with E-state index in [0.717, 1.165) is 32.1 Å². The number of anilines is 1. The average Bonchev–Trinajstić information content (AvgIpc) is 2.73. The fourth-order valence-electron chi connectivity index (χ4n) is 3.45. The molecule has 0 aromatic heterocycles. The second kappa shape index (κ2) is 9.47. The number of amides is 1. The van der Waals surface area contributed by atoms with Gasteiger partial charge in [-0.15, -0.1) is 0 Å². The SMILES string of the molecule is Cc1ccc(C(=O)NCCCN2CCN(c3cccc(C(F)(F)F)c3)CC2)cc1F. The van der Waals surface area contributed by atoms with Gasteiger partial charge in [0, 0.05) is 44.0 Å². The normalized spacial score (nSPS) is 15.3. The summed E-state index contributed by atoms with van der Waals surface area (Å²) in [7, 11) is 0. The van der Waals surface area contributed by atoms with Crippen LogP contribution >= 0.6 is 0 Å². The average molecular weight is 423 g/mol. The first-order valence-corrected chi connectivity index (χ1v) is 9.93. The number of carbonyl (C=O) groups excluding carboxylic acids is 1. The van der Waals surface area contributed by atoms with Crippen LogP contribution < -0.4 is 10.2 Å². The second-order valence-electron chi connectivity index (χ2n) is 7.45. The van der Waals surface area contributed by atoms with Gasteiger partial charge in [-0.3, -0.25) is 9.69 Å². The summed E-state index contributed by atoms with van der Waals surface area (Å²) in [6.07, 6.45) is -3.60. The van der Waals surface area contributed by atoms with Gasteiger partial charge < -0.3 is 10.2 Å². The predicted molar refractivity (Wildman–Crippen MR) is 108 cm³/mol. The summed E-state index contributed by atoms with van der Waals surface area (Å²) in [5.74, 6) is -0.704. The van der Waals surface area contributed by atoms with E-state index in [0.29, 0.717) is 36.4 Å². The largest absolute Gasteiger partial charge is 0.416 e. The Labute approximate surface area is 173 Å². The molecule has 0 radical (unpaired) electrons. The number of alkyl halides is 3. The predicted octanol–water partition coefficient (Wildman–Crippen LogP) is 4.10. The van der Waals surface area contributed by atoms with E-state index in [4.69, 9.17) is 0 Å². The summed E-state index contributed by atoms with van der Waals surface area (Å²) in [5, 5.41) is 2.79. The van der Waals surface area contributed by atoms with E-state index in [-0.39, 0.29) is 5.91 Å². The molecule has 0 aliphatic carbocycles. The van der Waals surface area contributed by atoms with Crippen molar-refractivity contribution in [2.24, 2.45) is 0 Å². The Morgan fingerprint density at radius 2 is 1.80 bits per heavy atom. The molecule has 1 amide bonds. The van der Waals surface area contributed by atoms with E-state index in [1.165, 1.54) is 18.2 Å². The highest BCUT2D eigenvalue weighted by atomic mass is 19.4. The maximum absolute atomic E-state index is 13.6. The maximum Gasteiger partial charge on any atom is 0.416 e. The Balaban J connectivity index is 1.40. The fraction of sp³-hybridized carbons (Fsp3) is 0.409. The van der Waals surface area contributed by atoms with Crippen LogP contribution in [-0.4, -0.2) is 50.1 Å². The van der Waals surface area contributed by atoms with E-state index in [9.17, 15) is 22.4 Å². The molecule has 1 fully saturated rings. The van der Waals surface area contributed by atoms with E-state index < -0.39 is 17.6 Å². The zero-order chi connectivity index (χ0) is 21.7. The third-order valence-corrected chi connectivity index (χ3v) is 5.28. The molecule has 0 bridgehead atoms. The van der Waals surface area contributed by atoms with Crippen molar-refractivity contribution in [1.82, 2.24) is 10.2 Å². The number of hydrogen-bond donors (Lipinski definition) is 1. The maximum atomic E-state index is 13.6. The molecule has 162 valence electrons. The van der Waals surface area contributed by atoms with Crippen LogP contribution in [0.5, 0.6) is 0 Å². The van der Waals surface area contributed by atoms with Crippen molar-refractivity contribution < 1.29 is 22.4 Å². The van der Waals surface area contributed by atoms with Crippen LogP contribution in [-0.2, 0) is 6.18 Å². The van der Waals surface area contributed by atoms with Crippen LogP contribution in [0.4, 0.5) is 23.2 Å². The molecule has 1 N–H and O–H groups in total. The van der Waals surface area contributed by atoms with Crippen LogP contribution in [0.3, 0.4) is 0 Å².